The average Bonchev–Trinajstić information content (AvgIpc) is 3.18. The summed E-state index contributed by atoms with van der Waals surface area (Å²) >= 11 is 0. The van der Waals surface area contributed by atoms with Crippen molar-refractivity contribution in [2.24, 2.45) is 0 Å². The molecule has 0 aliphatic carbocycles. The van der Waals surface area contributed by atoms with Crippen molar-refractivity contribution in [3.05, 3.63) is 41.1 Å². The van der Waals surface area contributed by atoms with E-state index in [0.717, 1.165) is 49.4 Å². The van der Waals surface area contributed by atoms with Crippen LogP contribution in [0.25, 0.3) is 0 Å². The number of aromatic nitrogens is 2. The van der Waals surface area contributed by atoms with E-state index < -0.39 is 0 Å². The van der Waals surface area contributed by atoms with Crippen molar-refractivity contribution >= 4 is 29.3 Å². The minimum Gasteiger partial charge on any atom is -0.354 e. The fraction of sp³-hybridized carbons (Fsp3) is 0.455. The minimum atomic E-state index is -0.0952. The van der Waals surface area contributed by atoms with Gasteiger partial charge in [0.2, 0.25) is 5.95 Å². The van der Waals surface area contributed by atoms with Crippen molar-refractivity contribution in [1.29, 1.82) is 0 Å². The Labute approximate surface area is 175 Å². The number of hydrogen-bond acceptors (Lipinski definition) is 6. The van der Waals surface area contributed by atoms with Gasteiger partial charge in [0.1, 0.15) is 11.4 Å². The molecule has 0 spiro atoms. The van der Waals surface area contributed by atoms with Gasteiger partial charge in [-0.3, -0.25) is 9.59 Å². The van der Waals surface area contributed by atoms with Crippen LogP contribution in [-0.4, -0.2) is 66.0 Å². The Bertz CT molecular complexity index is 1020. The second-order valence-corrected chi connectivity index (χ2v) is 8.15. The predicted octanol–water partition coefficient (Wildman–Crippen LogP) is 2.17. The highest BCUT2D eigenvalue weighted by Crippen LogP contribution is 2.36. The van der Waals surface area contributed by atoms with E-state index in [-0.39, 0.29) is 17.9 Å². The molecule has 8 heteroatoms. The van der Waals surface area contributed by atoms with Crippen LogP contribution in [0.1, 0.15) is 46.0 Å². The van der Waals surface area contributed by atoms with Gasteiger partial charge in [0.05, 0.1) is 0 Å². The lowest BCUT2D eigenvalue weighted by atomic mass is 9.96. The molecule has 1 aromatic heterocycles. The molecule has 0 bridgehead atoms. The number of fused-ring (bicyclic) bond motifs is 4. The number of carbonyl (C=O) groups excluding carboxylic acids is 2. The van der Waals surface area contributed by atoms with Gasteiger partial charge >= 0.3 is 0 Å². The van der Waals surface area contributed by atoms with Crippen LogP contribution in [-0.2, 0) is 6.42 Å². The SMILES string of the molecule is CCNc1ncc2c(n1)N1CCC[C@H]1CN(c1cccc3c1CCN(C)C3=O)C2=O. The first-order valence-corrected chi connectivity index (χ1v) is 10.6. The van der Waals surface area contributed by atoms with Gasteiger partial charge in [-0.15, -0.1) is 0 Å². The van der Waals surface area contributed by atoms with E-state index in [1.807, 2.05) is 37.1 Å². The molecule has 2 aromatic rings. The molecule has 156 valence electrons. The summed E-state index contributed by atoms with van der Waals surface area (Å²) in [5, 5.41) is 3.15. The van der Waals surface area contributed by atoms with Crippen molar-refractivity contribution in [2.45, 2.75) is 32.2 Å². The molecule has 30 heavy (non-hydrogen) atoms. The molecule has 1 aromatic carbocycles. The van der Waals surface area contributed by atoms with Gasteiger partial charge in [0.25, 0.3) is 11.8 Å². The highest BCUT2D eigenvalue weighted by Gasteiger charge is 2.38. The van der Waals surface area contributed by atoms with E-state index >= 15 is 0 Å². The van der Waals surface area contributed by atoms with Crippen molar-refractivity contribution in [1.82, 2.24) is 14.9 Å². The Kier molecular flexibility index (Phi) is 4.56. The van der Waals surface area contributed by atoms with Crippen molar-refractivity contribution in [3.8, 4) is 0 Å². The first kappa shape index (κ1) is 18.8. The number of hydrogen-bond donors (Lipinski definition) is 1. The summed E-state index contributed by atoms with van der Waals surface area (Å²) in [5.74, 6) is 1.19. The first-order chi connectivity index (χ1) is 14.6. The van der Waals surface area contributed by atoms with Crippen LogP contribution in [0.4, 0.5) is 17.5 Å². The molecule has 4 heterocycles. The van der Waals surface area contributed by atoms with E-state index in [1.54, 1.807) is 11.1 Å². The lowest BCUT2D eigenvalue weighted by molar-refractivity contribution is 0.0780. The maximum absolute atomic E-state index is 13.7. The number of carbonyl (C=O) groups is 2. The van der Waals surface area contributed by atoms with Crippen LogP contribution < -0.4 is 15.1 Å². The molecular formula is C22H26N6O2. The predicted molar refractivity (Wildman–Crippen MR) is 115 cm³/mol. The highest BCUT2D eigenvalue weighted by molar-refractivity contribution is 6.11. The van der Waals surface area contributed by atoms with Gasteiger partial charge in [-0.2, -0.15) is 4.98 Å². The summed E-state index contributed by atoms with van der Waals surface area (Å²) < 4.78 is 0. The molecule has 3 aliphatic heterocycles. The van der Waals surface area contributed by atoms with E-state index in [0.29, 0.717) is 30.2 Å². The average molecular weight is 406 g/mol. The van der Waals surface area contributed by atoms with Crippen LogP contribution in [0.3, 0.4) is 0 Å². The minimum absolute atomic E-state index is 0.0156. The van der Waals surface area contributed by atoms with Crippen molar-refractivity contribution < 1.29 is 9.59 Å². The summed E-state index contributed by atoms with van der Waals surface area (Å²) in [6, 6.07) is 5.91. The molecule has 0 unspecified atom stereocenters. The van der Waals surface area contributed by atoms with Crippen molar-refractivity contribution in [3.63, 3.8) is 0 Å². The number of anilines is 3. The summed E-state index contributed by atoms with van der Waals surface area (Å²) in [6.45, 7) is 4.86. The second-order valence-electron chi connectivity index (χ2n) is 8.15. The van der Waals surface area contributed by atoms with Crippen LogP contribution in [0.2, 0.25) is 0 Å². The fourth-order valence-electron chi connectivity index (χ4n) is 4.81. The van der Waals surface area contributed by atoms with Crippen LogP contribution >= 0.6 is 0 Å². The highest BCUT2D eigenvalue weighted by atomic mass is 16.2. The number of benzene rings is 1. The zero-order valence-corrected chi connectivity index (χ0v) is 17.4. The fourth-order valence-corrected chi connectivity index (χ4v) is 4.81. The summed E-state index contributed by atoms with van der Waals surface area (Å²) in [4.78, 5) is 41.2. The lowest BCUT2D eigenvalue weighted by Crippen LogP contribution is -2.41. The van der Waals surface area contributed by atoms with E-state index in [2.05, 4.69) is 20.2 Å². The van der Waals surface area contributed by atoms with Gasteiger partial charge in [0, 0.05) is 56.7 Å². The Morgan fingerprint density at radius 1 is 1.17 bits per heavy atom. The Hall–Kier alpha value is -3.16. The maximum Gasteiger partial charge on any atom is 0.263 e. The molecule has 2 amide bonds. The Balaban J connectivity index is 1.61. The Morgan fingerprint density at radius 2 is 2.03 bits per heavy atom. The zero-order chi connectivity index (χ0) is 20.8. The molecule has 1 fully saturated rings. The molecule has 1 N–H and O–H groups in total. The number of rotatable bonds is 3. The number of nitrogens with one attached hydrogen (secondary N) is 1. The number of nitrogens with zero attached hydrogens (tertiary/aromatic N) is 5. The normalized spacial score (nSPS) is 20.6. The third-order valence-corrected chi connectivity index (χ3v) is 6.34. The number of amides is 2. The van der Waals surface area contributed by atoms with Crippen LogP contribution in [0.15, 0.2) is 24.4 Å². The summed E-state index contributed by atoms with van der Waals surface area (Å²) in [7, 11) is 1.82. The van der Waals surface area contributed by atoms with E-state index in [1.165, 1.54) is 0 Å². The second kappa shape index (κ2) is 7.27. The van der Waals surface area contributed by atoms with Crippen molar-refractivity contribution in [2.75, 3.05) is 48.3 Å². The topological polar surface area (TPSA) is 81.7 Å². The monoisotopic (exact) mass is 406 g/mol. The number of likely N-dealkylation sites (N-methyl/N-ethyl adjacent to an activating group) is 1. The molecule has 0 saturated carbocycles. The molecule has 8 nitrogen and oxygen atoms in total. The molecule has 3 aliphatic rings. The molecule has 1 atom stereocenters. The summed E-state index contributed by atoms with van der Waals surface area (Å²) in [6.07, 6.45) is 4.47. The van der Waals surface area contributed by atoms with Crippen LogP contribution in [0, 0.1) is 0 Å². The standard InChI is InChI=1S/C22H26N6O2/c1-3-23-22-24-12-17-19(25-22)27-10-5-6-14(27)13-28(21(17)30)18-8-4-7-16-15(18)9-11-26(2)20(16)29/h4,7-8,12,14H,3,5-6,9-11,13H2,1-2H3,(H,23,24,25)/t14-/m0/s1. The first-order valence-electron chi connectivity index (χ1n) is 10.6. The van der Waals surface area contributed by atoms with Gasteiger partial charge in [0.15, 0.2) is 0 Å². The largest absolute Gasteiger partial charge is 0.354 e. The Morgan fingerprint density at radius 3 is 2.87 bits per heavy atom. The van der Waals surface area contributed by atoms with Gasteiger partial charge in [-0.25, -0.2) is 4.98 Å². The molecule has 0 radical (unpaired) electrons. The van der Waals surface area contributed by atoms with Crippen LogP contribution in [0.5, 0.6) is 0 Å². The van der Waals surface area contributed by atoms with Gasteiger partial charge < -0.3 is 20.0 Å². The maximum atomic E-state index is 13.7. The molecule has 5 rings (SSSR count). The zero-order valence-electron chi connectivity index (χ0n) is 17.4. The van der Waals surface area contributed by atoms with Gasteiger partial charge in [-0.05, 0) is 43.9 Å². The van der Waals surface area contributed by atoms with E-state index in [9.17, 15) is 9.59 Å². The smallest absolute Gasteiger partial charge is 0.263 e. The summed E-state index contributed by atoms with van der Waals surface area (Å²) in [5.41, 5.74) is 3.03. The quantitative estimate of drug-likeness (QED) is 0.841. The molecular weight excluding hydrogens is 380 g/mol. The van der Waals surface area contributed by atoms with Gasteiger partial charge in [-0.1, -0.05) is 6.07 Å². The third-order valence-electron chi connectivity index (χ3n) is 6.34. The van der Waals surface area contributed by atoms with E-state index in [4.69, 9.17) is 0 Å². The lowest BCUT2D eigenvalue weighted by Gasteiger charge is -2.31. The third kappa shape index (κ3) is 2.89. The molecule has 1 saturated heterocycles.